The summed E-state index contributed by atoms with van der Waals surface area (Å²) >= 11 is 0. The summed E-state index contributed by atoms with van der Waals surface area (Å²) in [4.78, 5) is 0. The number of nitrogens with two attached hydrogens (primary N) is 1. The lowest BCUT2D eigenvalue weighted by Crippen LogP contribution is -1.99. The molecule has 0 aliphatic rings. The highest BCUT2D eigenvalue weighted by atomic mass is 19.1. The predicted octanol–water partition coefficient (Wildman–Crippen LogP) is 4.17. The Bertz CT molecular complexity index is 725. The second-order valence-electron chi connectivity index (χ2n) is 4.79. The zero-order valence-corrected chi connectivity index (χ0v) is 11.2. The minimum Gasteiger partial charge on any atom is -0.399 e. The lowest BCUT2D eigenvalue weighted by molar-refractivity contribution is 0.628. The van der Waals surface area contributed by atoms with Crippen molar-refractivity contribution in [3.63, 3.8) is 0 Å². The lowest BCUT2D eigenvalue weighted by atomic mass is 10.1. The third-order valence-corrected chi connectivity index (χ3v) is 3.37. The molecule has 0 amide bonds. The van der Waals surface area contributed by atoms with E-state index in [2.05, 4.69) is 10.6 Å². The van der Waals surface area contributed by atoms with Crippen molar-refractivity contribution in [3.8, 4) is 16.9 Å². The predicted molar refractivity (Wildman–Crippen MR) is 80.3 cm³/mol. The Balaban J connectivity index is 2.14. The van der Waals surface area contributed by atoms with Crippen LogP contribution in [0.5, 0.6) is 0 Å². The third-order valence-electron chi connectivity index (χ3n) is 3.37. The van der Waals surface area contributed by atoms with Gasteiger partial charge in [0.1, 0.15) is 5.82 Å². The Hall–Kier alpha value is -2.55. The summed E-state index contributed by atoms with van der Waals surface area (Å²) in [6.45, 7) is 2.05. The van der Waals surface area contributed by atoms with Crippen LogP contribution in [0.4, 0.5) is 10.1 Å². The minimum atomic E-state index is -0.226. The molecule has 0 saturated carbocycles. The number of anilines is 1. The fourth-order valence-electron chi connectivity index (χ4n) is 2.35. The molecule has 0 aliphatic carbocycles. The molecular weight excluding hydrogens is 251 g/mol. The van der Waals surface area contributed by atoms with Crippen molar-refractivity contribution in [1.82, 2.24) is 4.57 Å². The summed E-state index contributed by atoms with van der Waals surface area (Å²) in [5.74, 6) is -0.226. The van der Waals surface area contributed by atoms with E-state index in [0.29, 0.717) is 0 Å². The van der Waals surface area contributed by atoms with Gasteiger partial charge in [0.15, 0.2) is 0 Å². The largest absolute Gasteiger partial charge is 0.399 e. The zero-order valence-electron chi connectivity index (χ0n) is 11.2. The molecular formula is C17H15FN2. The summed E-state index contributed by atoms with van der Waals surface area (Å²) < 4.78 is 15.2. The van der Waals surface area contributed by atoms with Gasteiger partial charge < -0.3 is 10.3 Å². The van der Waals surface area contributed by atoms with Crippen LogP contribution < -0.4 is 5.73 Å². The molecule has 0 bridgehead atoms. The molecule has 2 aromatic carbocycles. The number of halogens is 1. The number of nitrogen functional groups attached to an aromatic ring is 1. The Morgan fingerprint density at radius 2 is 1.50 bits per heavy atom. The summed E-state index contributed by atoms with van der Waals surface area (Å²) in [6.07, 6.45) is 0. The van der Waals surface area contributed by atoms with E-state index in [1.165, 1.54) is 12.1 Å². The number of hydrogen-bond acceptors (Lipinski definition) is 1. The molecule has 3 heteroatoms. The highest BCUT2D eigenvalue weighted by molar-refractivity contribution is 5.64. The molecule has 1 heterocycles. The van der Waals surface area contributed by atoms with Gasteiger partial charge in [0.05, 0.1) is 5.69 Å². The van der Waals surface area contributed by atoms with Crippen LogP contribution in [0.15, 0.2) is 60.7 Å². The summed E-state index contributed by atoms with van der Waals surface area (Å²) in [7, 11) is 0. The third kappa shape index (κ3) is 2.18. The summed E-state index contributed by atoms with van der Waals surface area (Å²) in [5, 5.41) is 0. The maximum Gasteiger partial charge on any atom is 0.123 e. The van der Waals surface area contributed by atoms with E-state index >= 15 is 0 Å². The van der Waals surface area contributed by atoms with Gasteiger partial charge >= 0.3 is 0 Å². The van der Waals surface area contributed by atoms with Crippen molar-refractivity contribution in [2.75, 3.05) is 5.73 Å². The van der Waals surface area contributed by atoms with Crippen molar-refractivity contribution in [2.24, 2.45) is 0 Å². The molecule has 100 valence electrons. The van der Waals surface area contributed by atoms with Crippen molar-refractivity contribution in [2.45, 2.75) is 6.92 Å². The maximum absolute atomic E-state index is 13.1. The lowest BCUT2D eigenvalue weighted by Gasteiger charge is -2.12. The molecule has 3 rings (SSSR count). The molecule has 0 fully saturated rings. The van der Waals surface area contributed by atoms with Gasteiger partial charge in [0, 0.05) is 17.1 Å². The van der Waals surface area contributed by atoms with Crippen molar-refractivity contribution in [3.05, 3.63) is 72.2 Å². The fraction of sp³-hybridized carbons (Fsp3) is 0.0588. The second-order valence-corrected chi connectivity index (χ2v) is 4.79. The number of aromatic nitrogens is 1. The number of rotatable bonds is 2. The molecule has 0 saturated heterocycles. The molecule has 0 atom stereocenters. The van der Waals surface area contributed by atoms with E-state index in [4.69, 9.17) is 5.73 Å². The standard InChI is InChI=1S/C17H15FN2/c1-12-2-11-17(13-3-5-14(18)6-4-13)20(12)16-9-7-15(19)8-10-16/h2-11H,19H2,1H3. The first-order chi connectivity index (χ1) is 9.65. The van der Waals surface area contributed by atoms with E-state index in [-0.39, 0.29) is 5.82 Å². The van der Waals surface area contributed by atoms with Crippen LogP contribution in [-0.4, -0.2) is 4.57 Å². The van der Waals surface area contributed by atoms with E-state index in [9.17, 15) is 4.39 Å². The number of aryl methyl sites for hydroxylation is 1. The highest BCUT2D eigenvalue weighted by Crippen LogP contribution is 2.27. The molecule has 20 heavy (non-hydrogen) atoms. The van der Waals surface area contributed by atoms with Gasteiger partial charge in [-0.15, -0.1) is 0 Å². The van der Waals surface area contributed by atoms with Crippen molar-refractivity contribution in [1.29, 1.82) is 0 Å². The zero-order chi connectivity index (χ0) is 14.1. The Labute approximate surface area is 117 Å². The average Bonchev–Trinajstić information content (AvgIpc) is 2.83. The Morgan fingerprint density at radius 1 is 0.850 bits per heavy atom. The first-order valence-corrected chi connectivity index (χ1v) is 6.45. The number of nitrogens with zero attached hydrogens (tertiary/aromatic N) is 1. The molecule has 3 aromatic rings. The Kier molecular flexibility index (Phi) is 3.03. The van der Waals surface area contributed by atoms with Crippen LogP contribution in [0.3, 0.4) is 0 Å². The van der Waals surface area contributed by atoms with E-state index in [1.54, 1.807) is 12.1 Å². The van der Waals surface area contributed by atoms with Crippen LogP contribution >= 0.6 is 0 Å². The SMILES string of the molecule is Cc1ccc(-c2ccc(F)cc2)n1-c1ccc(N)cc1. The topological polar surface area (TPSA) is 30.9 Å². The van der Waals surface area contributed by atoms with Crippen LogP contribution in [-0.2, 0) is 0 Å². The molecule has 0 radical (unpaired) electrons. The Morgan fingerprint density at radius 3 is 2.15 bits per heavy atom. The van der Waals surface area contributed by atoms with Crippen molar-refractivity contribution >= 4 is 5.69 Å². The van der Waals surface area contributed by atoms with Crippen molar-refractivity contribution < 1.29 is 4.39 Å². The van der Waals surface area contributed by atoms with Gasteiger partial charge in [0.2, 0.25) is 0 Å². The molecule has 2 N–H and O–H groups in total. The summed E-state index contributed by atoms with van der Waals surface area (Å²) in [6, 6.07) is 18.3. The quantitative estimate of drug-likeness (QED) is 0.693. The molecule has 1 aromatic heterocycles. The molecule has 0 unspecified atom stereocenters. The molecule has 0 aliphatic heterocycles. The fourth-order valence-corrected chi connectivity index (χ4v) is 2.35. The minimum absolute atomic E-state index is 0.226. The van der Waals surface area contributed by atoms with Gasteiger partial charge in [-0.3, -0.25) is 0 Å². The number of hydrogen-bond donors (Lipinski definition) is 1. The maximum atomic E-state index is 13.1. The first-order valence-electron chi connectivity index (χ1n) is 6.45. The van der Waals surface area contributed by atoms with E-state index < -0.39 is 0 Å². The van der Waals surface area contributed by atoms with Crippen LogP contribution in [0.25, 0.3) is 16.9 Å². The van der Waals surface area contributed by atoms with E-state index in [0.717, 1.165) is 28.3 Å². The van der Waals surface area contributed by atoms with Crippen LogP contribution in [0, 0.1) is 12.7 Å². The van der Waals surface area contributed by atoms with Crippen LogP contribution in [0.2, 0.25) is 0 Å². The van der Waals surface area contributed by atoms with Gasteiger partial charge in [-0.1, -0.05) is 0 Å². The normalized spacial score (nSPS) is 10.7. The number of benzene rings is 2. The smallest absolute Gasteiger partial charge is 0.123 e. The second kappa shape index (κ2) is 4.85. The van der Waals surface area contributed by atoms with E-state index in [1.807, 2.05) is 37.3 Å². The summed E-state index contributed by atoms with van der Waals surface area (Å²) in [5.41, 5.74) is 10.7. The van der Waals surface area contributed by atoms with Gasteiger partial charge in [0.25, 0.3) is 0 Å². The van der Waals surface area contributed by atoms with Gasteiger partial charge in [-0.05, 0) is 73.2 Å². The highest BCUT2D eigenvalue weighted by Gasteiger charge is 2.09. The van der Waals surface area contributed by atoms with Gasteiger partial charge in [-0.25, -0.2) is 4.39 Å². The van der Waals surface area contributed by atoms with Gasteiger partial charge in [-0.2, -0.15) is 0 Å². The first kappa shape index (κ1) is 12.5. The molecule has 2 nitrogen and oxygen atoms in total. The molecule has 0 spiro atoms. The van der Waals surface area contributed by atoms with Crippen LogP contribution in [0.1, 0.15) is 5.69 Å². The monoisotopic (exact) mass is 266 g/mol. The average molecular weight is 266 g/mol.